The summed E-state index contributed by atoms with van der Waals surface area (Å²) in [5, 5.41) is 13.4. The van der Waals surface area contributed by atoms with Gasteiger partial charge in [0.1, 0.15) is 0 Å². The molecule has 1 fully saturated rings. The maximum Gasteiger partial charge on any atom is 0.340 e. The Morgan fingerprint density at radius 3 is 2.50 bits per heavy atom. The Labute approximate surface area is 178 Å². The van der Waals surface area contributed by atoms with Crippen molar-refractivity contribution in [2.24, 2.45) is 0 Å². The third-order valence-electron chi connectivity index (χ3n) is 5.34. The second-order valence-electron chi connectivity index (χ2n) is 7.86. The van der Waals surface area contributed by atoms with Gasteiger partial charge in [0.2, 0.25) is 5.91 Å². The van der Waals surface area contributed by atoms with Crippen molar-refractivity contribution in [2.45, 2.75) is 46.8 Å². The maximum atomic E-state index is 12.4. The second-order valence-corrected chi connectivity index (χ2v) is 7.86. The number of carbonyl (C=O) groups excluding carboxylic acids is 2. The van der Waals surface area contributed by atoms with Crippen LogP contribution in [0, 0.1) is 13.8 Å². The van der Waals surface area contributed by atoms with E-state index in [9.17, 15) is 14.7 Å². The predicted octanol–water partition coefficient (Wildman–Crippen LogP) is 1.51. The minimum absolute atomic E-state index is 0.131. The normalized spacial score (nSPS) is 17.1. The van der Waals surface area contributed by atoms with Crippen molar-refractivity contribution in [3.63, 3.8) is 0 Å². The van der Waals surface area contributed by atoms with E-state index in [-0.39, 0.29) is 25.0 Å². The topological polar surface area (TPSA) is 93.0 Å². The number of ether oxygens (including phenoxy) is 2. The van der Waals surface area contributed by atoms with Crippen LogP contribution in [0.2, 0.25) is 0 Å². The molecule has 8 heteroatoms. The summed E-state index contributed by atoms with van der Waals surface area (Å²) in [4.78, 5) is 26.9. The van der Waals surface area contributed by atoms with E-state index in [0.29, 0.717) is 37.4 Å². The second kappa shape index (κ2) is 10.7. The van der Waals surface area contributed by atoms with Crippen LogP contribution in [0.15, 0.2) is 6.08 Å². The monoisotopic (exact) mass is 421 g/mol. The lowest BCUT2D eigenvalue weighted by Gasteiger charge is -2.33. The summed E-state index contributed by atoms with van der Waals surface area (Å²) in [6, 6.07) is 0. The van der Waals surface area contributed by atoms with Gasteiger partial charge in [-0.15, -0.1) is 0 Å². The Morgan fingerprint density at radius 1 is 1.23 bits per heavy atom. The number of nitrogens with one attached hydrogen (secondary N) is 1. The summed E-state index contributed by atoms with van der Waals surface area (Å²) >= 11 is 0. The van der Waals surface area contributed by atoms with E-state index in [1.165, 1.54) is 6.08 Å². The molecule has 0 unspecified atom stereocenters. The number of β-amino-alcohol motifs (C(OH)–C–C–N with tert-alkyl or cyclic N) is 1. The van der Waals surface area contributed by atoms with E-state index in [2.05, 4.69) is 10.2 Å². The first-order valence-electron chi connectivity index (χ1n) is 10.5. The van der Waals surface area contributed by atoms with Gasteiger partial charge < -0.3 is 24.5 Å². The number of rotatable bonds is 9. The van der Waals surface area contributed by atoms with E-state index in [0.717, 1.165) is 24.5 Å². The summed E-state index contributed by atoms with van der Waals surface area (Å²) in [6.45, 7) is 13.7. The van der Waals surface area contributed by atoms with Crippen LogP contribution in [0.1, 0.15) is 48.1 Å². The van der Waals surface area contributed by atoms with Gasteiger partial charge in [0.25, 0.3) is 0 Å². The van der Waals surface area contributed by atoms with Gasteiger partial charge in [-0.1, -0.05) is 0 Å². The van der Waals surface area contributed by atoms with Gasteiger partial charge in [0, 0.05) is 55.8 Å². The largest absolute Gasteiger partial charge is 0.462 e. The van der Waals surface area contributed by atoms with E-state index < -0.39 is 5.60 Å². The molecule has 1 atom stereocenters. The molecular formula is C22H35N3O5. The molecule has 0 aromatic carbocycles. The smallest absolute Gasteiger partial charge is 0.340 e. The number of nitrogens with zero attached hydrogens (tertiary/aromatic N) is 2. The molecule has 0 bridgehead atoms. The first-order valence-corrected chi connectivity index (χ1v) is 10.5. The van der Waals surface area contributed by atoms with E-state index in [4.69, 9.17) is 9.47 Å². The van der Waals surface area contributed by atoms with Gasteiger partial charge in [-0.3, -0.25) is 9.69 Å². The molecule has 1 aliphatic rings. The van der Waals surface area contributed by atoms with Crippen LogP contribution in [0.3, 0.4) is 0 Å². The summed E-state index contributed by atoms with van der Waals surface area (Å²) in [5.41, 5.74) is 1.85. The SMILES string of the molecule is CCOC(=O)c1c(/C=C\C(=O)NC[C@@](C)(O)CN2CCOCC2)c(C)n(CC)c1C. The van der Waals surface area contributed by atoms with Crippen LogP contribution in [0.4, 0.5) is 0 Å². The first kappa shape index (κ1) is 24.1. The Morgan fingerprint density at radius 2 is 1.90 bits per heavy atom. The molecule has 30 heavy (non-hydrogen) atoms. The molecule has 2 heterocycles. The van der Waals surface area contributed by atoms with Gasteiger partial charge >= 0.3 is 5.97 Å². The fraction of sp³-hybridized carbons (Fsp3) is 0.636. The number of aromatic nitrogens is 1. The third kappa shape index (κ3) is 6.17. The molecule has 1 saturated heterocycles. The van der Waals surface area contributed by atoms with Crippen molar-refractivity contribution in [2.75, 3.05) is 46.0 Å². The highest BCUT2D eigenvalue weighted by Gasteiger charge is 2.26. The molecule has 1 aliphatic heterocycles. The maximum absolute atomic E-state index is 12.4. The van der Waals surface area contributed by atoms with Crippen molar-refractivity contribution in [1.82, 2.24) is 14.8 Å². The van der Waals surface area contributed by atoms with E-state index >= 15 is 0 Å². The minimum atomic E-state index is -1.05. The van der Waals surface area contributed by atoms with Crippen LogP contribution in [-0.4, -0.2) is 78.1 Å². The molecule has 1 aromatic rings. The van der Waals surface area contributed by atoms with Gasteiger partial charge in [-0.05, 0) is 40.7 Å². The standard InChI is InChI=1S/C22H35N3O5/c1-6-25-16(3)18(20(17(25)4)21(27)30-7-2)8-9-19(26)23-14-22(5,28)15-24-10-12-29-13-11-24/h8-9,28H,6-7,10-15H2,1-5H3,(H,23,26)/b9-8-/t22-/m1/s1. The Balaban J connectivity index is 2.05. The number of hydrogen-bond donors (Lipinski definition) is 2. The molecule has 0 radical (unpaired) electrons. The number of esters is 1. The highest BCUT2D eigenvalue weighted by molar-refractivity contribution is 5.98. The van der Waals surface area contributed by atoms with Gasteiger partial charge in [-0.2, -0.15) is 0 Å². The summed E-state index contributed by atoms with van der Waals surface area (Å²) < 4.78 is 12.5. The number of aliphatic hydroxyl groups is 1. The zero-order valence-corrected chi connectivity index (χ0v) is 18.8. The quantitative estimate of drug-likeness (QED) is 0.464. The van der Waals surface area contributed by atoms with Gasteiger partial charge in [-0.25, -0.2) is 4.79 Å². The first-order chi connectivity index (χ1) is 14.2. The van der Waals surface area contributed by atoms with Crippen molar-refractivity contribution >= 4 is 18.0 Å². The highest BCUT2D eigenvalue weighted by atomic mass is 16.5. The zero-order chi connectivity index (χ0) is 22.3. The van der Waals surface area contributed by atoms with Crippen molar-refractivity contribution < 1.29 is 24.2 Å². The molecular weight excluding hydrogens is 386 g/mol. The van der Waals surface area contributed by atoms with Crippen LogP contribution in [0.5, 0.6) is 0 Å². The van der Waals surface area contributed by atoms with Crippen LogP contribution in [-0.2, 0) is 20.8 Å². The van der Waals surface area contributed by atoms with Crippen molar-refractivity contribution in [3.05, 3.63) is 28.6 Å². The summed E-state index contributed by atoms with van der Waals surface area (Å²) in [6.07, 6.45) is 3.04. The number of carbonyl (C=O) groups is 2. The van der Waals surface area contributed by atoms with E-state index in [1.54, 1.807) is 19.9 Å². The third-order valence-corrected chi connectivity index (χ3v) is 5.34. The van der Waals surface area contributed by atoms with Gasteiger partial charge in [0.05, 0.1) is 31.0 Å². The summed E-state index contributed by atoms with van der Waals surface area (Å²) in [7, 11) is 0. The van der Waals surface area contributed by atoms with Crippen LogP contribution in [0.25, 0.3) is 6.08 Å². The minimum Gasteiger partial charge on any atom is -0.462 e. The lowest BCUT2D eigenvalue weighted by atomic mass is 10.1. The predicted molar refractivity (Wildman–Crippen MR) is 115 cm³/mol. The average Bonchev–Trinajstić information content (AvgIpc) is 2.94. The molecule has 0 aliphatic carbocycles. The molecule has 1 amide bonds. The number of hydrogen-bond acceptors (Lipinski definition) is 6. The van der Waals surface area contributed by atoms with Crippen LogP contribution >= 0.6 is 0 Å². The average molecular weight is 422 g/mol. The molecule has 0 saturated carbocycles. The van der Waals surface area contributed by atoms with Gasteiger partial charge in [0.15, 0.2) is 0 Å². The van der Waals surface area contributed by atoms with Crippen molar-refractivity contribution in [1.29, 1.82) is 0 Å². The van der Waals surface area contributed by atoms with Crippen LogP contribution < -0.4 is 5.32 Å². The fourth-order valence-electron chi connectivity index (χ4n) is 3.84. The zero-order valence-electron chi connectivity index (χ0n) is 18.8. The summed E-state index contributed by atoms with van der Waals surface area (Å²) in [5.74, 6) is -0.716. The molecule has 8 nitrogen and oxygen atoms in total. The Hall–Kier alpha value is -2.16. The molecule has 2 rings (SSSR count). The molecule has 1 aromatic heterocycles. The Bertz CT molecular complexity index is 776. The molecule has 0 spiro atoms. The fourth-order valence-corrected chi connectivity index (χ4v) is 3.84. The van der Waals surface area contributed by atoms with E-state index in [1.807, 2.05) is 25.3 Å². The number of amides is 1. The highest BCUT2D eigenvalue weighted by Crippen LogP contribution is 2.25. The number of morpholine rings is 1. The molecule has 2 N–H and O–H groups in total. The lowest BCUT2D eigenvalue weighted by molar-refractivity contribution is -0.117. The van der Waals surface area contributed by atoms with Crippen molar-refractivity contribution in [3.8, 4) is 0 Å². The molecule has 168 valence electrons. The lowest BCUT2D eigenvalue weighted by Crippen LogP contribution is -2.51. The Kier molecular flexibility index (Phi) is 8.64.